The number of nitrogens with one attached hydrogen (secondary N) is 4. The molecule has 0 radical (unpaired) electrons. The van der Waals surface area contributed by atoms with Crippen LogP contribution in [0.3, 0.4) is 0 Å². The van der Waals surface area contributed by atoms with Crippen LogP contribution in [0.2, 0.25) is 0 Å². The van der Waals surface area contributed by atoms with E-state index in [4.69, 9.17) is 0 Å². The molecule has 1 aromatic carbocycles. The zero-order valence-corrected chi connectivity index (χ0v) is 15.4. The van der Waals surface area contributed by atoms with Crippen molar-refractivity contribution in [2.75, 3.05) is 25.0 Å². The van der Waals surface area contributed by atoms with E-state index in [0.717, 1.165) is 12.1 Å². The molecule has 7 nitrogen and oxygen atoms in total. The van der Waals surface area contributed by atoms with E-state index in [-0.39, 0.29) is 24.8 Å². The Balaban J connectivity index is 2.64. The van der Waals surface area contributed by atoms with Crippen molar-refractivity contribution < 1.29 is 32.5 Å². The standard InChI is InChI=1S/C17H23F3N4O3/c1-4-24(10-15(26)23-16(27)21-11(2)3)9-14(25)22-13-8-6-5-7-12(13)17(18,19)20/h5-8,11H,4,9-10H2,1-3H3,(H,22,25)(H2,21,23,26,27)/p+1. The fourth-order valence-corrected chi connectivity index (χ4v) is 2.27. The number of alkyl halides is 3. The van der Waals surface area contributed by atoms with Crippen LogP contribution < -0.4 is 20.9 Å². The number of anilines is 1. The summed E-state index contributed by atoms with van der Waals surface area (Å²) in [6.07, 6.45) is -4.59. The summed E-state index contributed by atoms with van der Waals surface area (Å²) < 4.78 is 38.9. The molecule has 4 N–H and O–H groups in total. The van der Waals surface area contributed by atoms with Crippen molar-refractivity contribution in [2.24, 2.45) is 0 Å². The van der Waals surface area contributed by atoms with Gasteiger partial charge in [-0.1, -0.05) is 12.1 Å². The minimum atomic E-state index is -4.59. The van der Waals surface area contributed by atoms with Crippen LogP contribution >= 0.6 is 0 Å². The van der Waals surface area contributed by atoms with E-state index in [2.05, 4.69) is 16.0 Å². The first kappa shape index (κ1) is 22.4. The number of amides is 4. The molecule has 150 valence electrons. The lowest BCUT2D eigenvalue weighted by atomic mass is 10.1. The molecule has 0 aliphatic heterocycles. The third-order valence-corrected chi connectivity index (χ3v) is 3.50. The van der Waals surface area contributed by atoms with Gasteiger partial charge in [0.15, 0.2) is 13.1 Å². The number of likely N-dealkylation sites (N-methyl/N-ethyl adjacent to an activating group) is 1. The number of benzene rings is 1. The number of hydrogen-bond acceptors (Lipinski definition) is 3. The number of imide groups is 1. The Hall–Kier alpha value is -2.62. The molecule has 0 saturated heterocycles. The average Bonchev–Trinajstić information content (AvgIpc) is 2.52. The summed E-state index contributed by atoms with van der Waals surface area (Å²) in [5.74, 6) is -1.25. The van der Waals surface area contributed by atoms with Gasteiger partial charge in [-0.2, -0.15) is 13.2 Å². The summed E-state index contributed by atoms with van der Waals surface area (Å²) in [4.78, 5) is 35.9. The van der Waals surface area contributed by atoms with Crippen LogP contribution in [0.25, 0.3) is 0 Å². The molecule has 0 fully saturated rings. The van der Waals surface area contributed by atoms with Crippen molar-refractivity contribution in [3.05, 3.63) is 29.8 Å². The Bertz CT molecular complexity index is 678. The predicted octanol–water partition coefficient (Wildman–Crippen LogP) is 0.783. The molecule has 0 spiro atoms. The maximum atomic E-state index is 13.0. The topological polar surface area (TPSA) is 91.7 Å². The van der Waals surface area contributed by atoms with Crippen LogP contribution in [-0.2, 0) is 15.8 Å². The van der Waals surface area contributed by atoms with Crippen LogP contribution in [0.5, 0.6) is 0 Å². The minimum Gasteiger partial charge on any atom is -0.336 e. The van der Waals surface area contributed by atoms with Crippen molar-refractivity contribution in [3.63, 3.8) is 0 Å². The number of para-hydroxylation sites is 1. The van der Waals surface area contributed by atoms with E-state index in [1.54, 1.807) is 20.8 Å². The van der Waals surface area contributed by atoms with Gasteiger partial charge in [0.1, 0.15) is 0 Å². The molecule has 1 aromatic rings. The second kappa shape index (κ2) is 9.91. The van der Waals surface area contributed by atoms with Gasteiger partial charge in [-0.05, 0) is 32.9 Å². The molecule has 0 heterocycles. The van der Waals surface area contributed by atoms with Gasteiger partial charge in [0.25, 0.3) is 11.8 Å². The highest BCUT2D eigenvalue weighted by molar-refractivity contribution is 5.95. The van der Waals surface area contributed by atoms with Crippen LogP contribution in [0.4, 0.5) is 23.7 Å². The van der Waals surface area contributed by atoms with Gasteiger partial charge < -0.3 is 15.5 Å². The van der Waals surface area contributed by atoms with E-state index in [9.17, 15) is 27.6 Å². The van der Waals surface area contributed by atoms with E-state index in [1.807, 2.05) is 0 Å². The molecule has 0 bridgehead atoms. The maximum absolute atomic E-state index is 13.0. The summed E-state index contributed by atoms with van der Waals surface area (Å²) in [7, 11) is 0. The minimum absolute atomic E-state index is 0.146. The van der Waals surface area contributed by atoms with Crippen molar-refractivity contribution in [2.45, 2.75) is 33.0 Å². The molecule has 0 aromatic heterocycles. The molecule has 1 rings (SSSR count). The van der Waals surface area contributed by atoms with Crippen molar-refractivity contribution in [1.29, 1.82) is 0 Å². The van der Waals surface area contributed by atoms with Crippen LogP contribution in [0.1, 0.15) is 26.3 Å². The van der Waals surface area contributed by atoms with Crippen molar-refractivity contribution in [1.82, 2.24) is 10.6 Å². The quantitative estimate of drug-likeness (QED) is 0.556. The molecular formula is C17H24F3N4O3+. The third-order valence-electron chi connectivity index (χ3n) is 3.50. The van der Waals surface area contributed by atoms with Gasteiger partial charge in [-0.15, -0.1) is 0 Å². The Morgan fingerprint density at radius 2 is 1.67 bits per heavy atom. The summed E-state index contributed by atoms with van der Waals surface area (Å²) in [5.41, 5.74) is -1.29. The summed E-state index contributed by atoms with van der Waals surface area (Å²) in [6.45, 7) is 5.16. The van der Waals surface area contributed by atoms with E-state index >= 15 is 0 Å². The lowest BCUT2D eigenvalue weighted by Crippen LogP contribution is -3.14. The molecule has 1 unspecified atom stereocenters. The summed E-state index contributed by atoms with van der Waals surface area (Å²) >= 11 is 0. The van der Waals surface area contributed by atoms with Gasteiger partial charge >= 0.3 is 12.2 Å². The Kier molecular flexibility index (Phi) is 8.23. The average molecular weight is 389 g/mol. The first-order chi connectivity index (χ1) is 12.5. The SMILES string of the molecule is CC[NH+](CC(=O)NC(=O)NC(C)C)CC(=O)Nc1ccccc1C(F)(F)F. The van der Waals surface area contributed by atoms with Gasteiger partial charge in [-0.3, -0.25) is 14.9 Å². The summed E-state index contributed by atoms with van der Waals surface area (Å²) in [5, 5.41) is 6.86. The molecule has 27 heavy (non-hydrogen) atoms. The largest absolute Gasteiger partial charge is 0.418 e. The highest BCUT2D eigenvalue weighted by Crippen LogP contribution is 2.34. The maximum Gasteiger partial charge on any atom is 0.418 e. The van der Waals surface area contributed by atoms with E-state index < -0.39 is 29.6 Å². The zero-order valence-electron chi connectivity index (χ0n) is 15.4. The Morgan fingerprint density at radius 3 is 2.22 bits per heavy atom. The molecule has 4 amide bonds. The normalized spacial score (nSPS) is 12.4. The Labute approximate surface area is 155 Å². The monoisotopic (exact) mass is 389 g/mol. The highest BCUT2D eigenvalue weighted by Gasteiger charge is 2.33. The molecule has 10 heteroatoms. The molecular weight excluding hydrogens is 365 g/mol. The van der Waals surface area contributed by atoms with Crippen LogP contribution in [0.15, 0.2) is 24.3 Å². The molecule has 0 aliphatic carbocycles. The molecule has 0 saturated carbocycles. The predicted molar refractivity (Wildman–Crippen MR) is 93.1 cm³/mol. The fraction of sp³-hybridized carbons (Fsp3) is 0.471. The van der Waals surface area contributed by atoms with Gasteiger partial charge in [0, 0.05) is 6.04 Å². The zero-order chi connectivity index (χ0) is 20.6. The first-order valence-corrected chi connectivity index (χ1v) is 8.42. The van der Waals surface area contributed by atoms with E-state index in [1.165, 1.54) is 12.1 Å². The van der Waals surface area contributed by atoms with Gasteiger partial charge in [-0.25, -0.2) is 4.79 Å². The van der Waals surface area contributed by atoms with Crippen molar-refractivity contribution in [3.8, 4) is 0 Å². The molecule has 1 atom stereocenters. The fourth-order valence-electron chi connectivity index (χ4n) is 2.27. The second-order valence-corrected chi connectivity index (χ2v) is 6.22. The van der Waals surface area contributed by atoms with Crippen LogP contribution in [0, 0.1) is 0 Å². The lowest BCUT2D eigenvalue weighted by molar-refractivity contribution is -0.881. The van der Waals surface area contributed by atoms with Crippen molar-refractivity contribution >= 4 is 23.5 Å². The van der Waals surface area contributed by atoms with E-state index in [0.29, 0.717) is 11.4 Å². The number of halogens is 3. The highest BCUT2D eigenvalue weighted by atomic mass is 19.4. The first-order valence-electron chi connectivity index (χ1n) is 8.42. The van der Waals surface area contributed by atoms with Gasteiger partial charge in [0.2, 0.25) is 0 Å². The number of carbonyl (C=O) groups excluding carboxylic acids is 3. The molecule has 0 aliphatic rings. The summed E-state index contributed by atoms with van der Waals surface area (Å²) in [6, 6.07) is 3.86. The van der Waals surface area contributed by atoms with Gasteiger partial charge in [0.05, 0.1) is 17.8 Å². The number of carbonyl (C=O) groups is 3. The van der Waals surface area contributed by atoms with Crippen LogP contribution in [-0.4, -0.2) is 43.5 Å². The number of quaternary nitrogens is 1. The second-order valence-electron chi connectivity index (χ2n) is 6.22. The number of hydrogen-bond donors (Lipinski definition) is 4. The Morgan fingerprint density at radius 1 is 1.07 bits per heavy atom. The smallest absolute Gasteiger partial charge is 0.336 e. The number of rotatable bonds is 7. The number of urea groups is 1. The lowest BCUT2D eigenvalue weighted by Gasteiger charge is -2.18. The third kappa shape index (κ3) is 8.07.